The number of amides is 1. The van der Waals surface area contributed by atoms with Crippen molar-refractivity contribution in [2.75, 3.05) is 14.1 Å². The monoisotopic (exact) mass is 511 g/mol. The van der Waals surface area contributed by atoms with Crippen LogP contribution >= 0.6 is 0 Å². The summed E-state index contributed by atoms with van der Waals surface area (Å²) < 4.78 is 0. The molecule has 3 aliphatic carbocycles. The van der Waals surface area contributed by atoms with Gasteiger partial charge < -0.3 is 10.0 Å². The minimum Gasteiger partial charge on any atom is -0.481 e. The predicted molar refractivity (Wildman–Crippen MR) is 149 cm³/mol. The minimum absolute atomic E-state index is 0.0960. The number of carbonyl (C=O) groups excluding carboxylic acids is 2. The molecule has 3 aromatic rings. The summed E-state index contributed by atoms with van der Waals surface area (Å²) in [5, 5.41) is 8.96. The van der Waals surface area contributed by atoms with Gasteiger partial charge in [-0.2, -0.15) is 0 Å². The van der Waals surface area contributed by atoms with E-state index in [0.717, 1.165) is 44.1 Å². The Morgan fingerprint density at radius 3 is 1.16 bits per heavy atom. The van der Waals surface area contributed by atoms with Gasteiger partial charge in [0.2, 0.25) is 5.91 Å². The molecule has 0 saturated heterocycles. The number of aliphatic carboxylic acids is 1. The van der Waals surface area contributed by atoms with Crippen molar-refractivity contribution in [3.63, 3.8) is 0 Å². The van der Waals surface area contributed by atoms with Crippen LogP contribution in [0, 0.1) is 0 Å². The molecular weight excluding hydrogens is 474 g/mol. The molecule has 0 bridgehead atoms. The van der Waals surface area contributed by atoms with Crippen LogP contribution in [0.25, 0.3) is 0 Å². The maximum absolute atomic E-state index is 12.0. The molecule has 0 radical (unpaired) electrons. The number of nitrogens with zero attached hydrogens (tertiary/aromatic N) is 1. The first-order valence-corrected chi connectivity index (χ1v) is 13.3. The summed E-state index contributed by atoms with van der Waals surface area (Å²) in [7, 11) is 3.65. The van der Waals surface area contributed by atoms with Gasteiger partial charge in [-0.25, -0.2) is 0 Å². The van der Waals surface area contributed by atoms with Crippen LogP contribution in [-0.2, 0) is 30.6 Å². The molecule has 6 rings (SSSR count). The Hall–Kier alpha value is -3.73. The van der Waals surface area contributed by atoms with E-state index in [4.69, 9.17) is 5.11 Å². The lowest BCUT2D eigenvalue weighted by Gasteiger charge is -2.19. The topological polar surface area (TPSA) is 74.7 Å². The zero-order valence-corrected chi connectivity index (χ0v) is 22.5. The van der Waals surface area contributed by atoms with Crippen LogP contribution in [0.3, 0.4) is 0 Å². The minimum atomic E-state index is -0.686. The number of rotatable bonds is 6. The van der Waals surface area contributed by atoms with E-state index in [1.165, 1.54) is 11.1 Å². The van der Waals surface area contributed by atoms with E-state index < -0.39 is 11.4 Å². The van der Waals surface area contributed by atoms with E-state index in [0.29, 0.717) is 5.78 Å². The first-order chi connectivity index (χ1) is 18.2. The second-order valence-electron chi connectivity index (χ2n) is 10.9. The largest absolute Gasteiger partial charge is 0.481 e. The molecule has 5 nitrogen and oxygen atoms in total. The molecule has 3 fully saturated rings. The lowest BCUT2D eigenvalue weighted by Crippen LogP contribution is -2.33. The highest BCUT2D eigenvalue weighted by molar-refractivity contribution is 5.91. The summed E-state index contributed by atoms with van der Waals surface area (Å²) in [6.07, 6.45) is 5.62. The Morgan fingerprint density at radius 2 is 0.895 bits per heavy atom. The van der Waals surface area contributed by atoms with E-state index in [-0.39, 0.29) is 16.7 Å². The normalized spacial score (nSPS) is 18.3. The van der Waals surface area contributed by atoms with E-state index in [9.17, 15) is 14.4 Å². The van der Waals surface area contributed by atoms with Gasteiger partial charge in [0.1, 0.15) is 5.78 Å². The van der Waals surface area contributed by atoms with Gasteiger partial charge in [-0.15, -0.1) is 0 Å². The van der Waals surface area contributed by atoms with Gasteiger partial charge >= 0.3 is 5.97 Å². The summed E-state index contributed by atoms with van der Waals surface area (Å²) >= 11 is 0. The molecule has 1 amide bonds. The van der Waals surface area contributed by atoms with Gasteiger partial charge in [-0.05, 0) is 62.1 Å². The van der Waals surface area contributed by atoms with Gasteiger partial charge in [0.05, 0.1) is 16.2 Å². The van der Waals surface area contributed by atoms with Crippen molar-refractivity contribution in [2.45, 2.75) is 61.7 Å². The van der Waals surface area contributed by atoms with Crippen molar-refractivity contribution >= 4 is 17.7 Å². The standard InChI is InChI=1S/C12H15NO.C11H12O.C10H10O2/c1-13(2)11(14)12(8-9-12)10-6-4-3-5-7-10;1-9(12)11(7-8-11)10-5-3-2-4-6-10;11-9(12)10(6-7-10)8-4-2-1-3-5-8/h3-7H,8-9H2,1-2H3;2-6H,7-8H2,1H3;1-5H,6-7H2,(H,11,12). The van der Waals surface area contributed by atoms with Crippen LogP contribution in [0.2, 0.25) is 0 Å². The maximum atomic E-state index is 12.0. The molecular formula is C33H37NO4. The number of hydrogen-bond acceptors (Lipinski definition) is 3. The highest BCUT2D eigenvalue weighted by Gasteiger charge is 2.52. The number of benzene rings is 3. The Kier molecular flexibility index (Phi) is 7.86. The van der Waals surface area contributed by atoms with Crippen molar-refractivity contribution < 1.29 is 19.5 Å². The number of Topliss-reactive ketones (excluding diaryl/α,β-unsaturated/α-hetero) is 1. The second kappa shape index (κ2) is 10.9. The summed E-state index contributed by atoms with van der Waals surface area (Å²) in [6, 6.07) is 29.6. The third kappa shape index (κ3) is 5.57. The lowest BCUT2D eigenvalue weighted by molar-refractivity contribution is -0.140. The average Bonchev–Trinajstić information content (AvgIpc) is 3.81. The first-order valence-electron chi connectivity index (χ1n) is 13.3. The summed E-state index contributed by atoms with van der Waals surface area (Å²) in [5.74, 6) is -0.133. The zero-order chi connectivity index (χ0) is 27.4. The molecule has 3 saturated carbocycles. The third-order valence-corrected chi connectivity index (χ3v) is 8.13. The fourth-order valence-corrected chi connectivity index (χ4v) is 5.17. The molecule has 198 valence electrons. The number of ketones is 1. The number of likely N-dealkylation sites (N-methyl/N-ethyl adjacent to an activating group) is 1. The molecule has 3 aliphatic rings. The highest BCUT2D eigenvalue weighted by Crippen LogP contribution is 2.50. The van der Waals surface area contributed by atoms with Crippen LogP contribution in [0.1, 0.15) is 62.1 Å². The van der Waals surface area contributed by atoms with Crippen molar-refractivity contribution in [3.8, 4) is 0 Å². The van der Waals surface area contributed by atoms with E-state index >= 15 is 0 Å². The lowest BCUT2D eigenvalue weighted by atomic mass is 9.92. The molecule has 0 spiro atoms. The van der Waals surface area contributed by atoms with Gasteiger partial charge in [-0.3, -0.25) is 14.4 Å². The van der Waals surface area contributed by atoms with E-state index in [1.54, 1.807) is 11.8 Å². The second-order valence-corrected chi connectivity index (χ2v) is 10.9. The van der Waals surface area contributed by atoms with Crippen molar-refractivity contribution in [1.29, 1.82) is 0 Å². The van der Waals surface area contributed by atoms with Crippen molar-refractivity contribution in [3.05, 3.63) is 108 Å². The number of carboxylic acids is 1. The molecule has 3 aromatic carbocycles. The van der Waals surface area contributed by atoms with Gasteiger partial charge in [0.15, 0.2) is 0 Å². The SMILES string of the molecule is CC(=O)C1(c2ccccc2)CC1.CN(C)C(=O)C1(c2ccccc2)CC1.O=C(O)C1(c2ccccc2)CC1. The third-order valence-electron chi connectivity index (χ3n) is 8.13. The van der Waals surface area contributed by atoms with Crippen molar-refractivity contribution in [2.24, 2.45) is 0 Å². The quantitative estimate of drug-likeness (QED) is 0.446. The zero-order valence-electron chi connectivity index (χ0n) is 22.5. The summed E-state index contributed by atoms with van der Waals surface area (Å²) in [6.45, 7) is 1.69. The Bertz CT molecular complexity index is 1190. The molecule has 0 heterocycles. The van der Waals surface area contributed by atoms with Crippen LogP contribution in [0.4, 0.5) is 0 Å². The van der Waals surface area contributed by atoms with Crippen LogP contribution in [-0.4, -0.2) is 41.8 Å². The smallest absolute Gasteiger partial charge is 0.314 e. The Balaban J connectivity index is 0.000000133. The van der Waals surface area contributed by atoms with Crippen LogP contribution in [0.15, 0.2) is 91.0 Å². The summed E-state index contributed by atoms with van der Waals surface area (Å²) in [4.78, 5) is 35.9. The average molecular weight is 512 g/mol. The molecule has 1 N–H and O–H groups in total. The Morgan fingerprint density at radius 1 is 0.579 bits per heavy atom. The fraction of sp³-hybridized carbons (Fsp3) is 0.364. The molecule has 0 unspecified atom stereocenters. The molecule has 0 aliphatic heterocycles. The first kappa shape index (κ1) is 27.3. The van der Waals surface area contributed by atoms with Crippen LogP contribution < -0.4 is 0 Å². The maximum Gasteiger partial charge on any atom is 0.314 e. The molecule has 5 heteroatoms. The Labute approximate surface area is 225 Å². The number of hydrogen-bond donors (Lipinski definition) is 1. The highest BCUT2D eigenvalue weighted by atomic mass is 16.4. The van der Waals surface area contributed by atoms with Gasteiger partial charge in [0.25, 0.3) is 0 Å². The van der Waals surface area contributed by atoms with Crippen molar-refractivity contribution in [1.82, 2.24) is 4.90 Å². The van der Waals surface area contributed by atoms with Gasteiger partial charge in [0, 0.05) is 14.1 Å². The molecule has 38 heavy (non-hydrogen) atoms. The predicted octanol–water partition coefficient (Wildman–Crippen LogP) is 5.92. The van der Waals surface area contributed by atoms with Gasteiger partial charge in [-0.1, -0.05) is 91.0 Å². The molecule has 0 atom stereocenters. The number of carboxylic acid groups (broad SMARTS) is 1. The molecule has 0 aromatic heterocycles. The summed E-state index contributed by atoms with van der Waals surface area (Å²) in [5.41, 5.74) is 2.47. The van der Waals surface area contributed by atoms with E-state index in [1.807, 2.05) is 80.8 Å². The number of carbonyl (C=O) groups is 3. The van der Waals surface area contributed by atoms with Crippen LogP contribution in [0.5, 0.6) is 0 Å². The fourth-order valence-electron chi connectivity index (χ4n) is 5.17. The van der Waals surface area contributed by atoms with E-state index in [2.05, 4.69) is 24.3 Å².